The van der Waals surface area contributed by atoms with E-state index in [2.05, 4.69) is 4.98 Å². The number of aryl methyl sites for hydroxylation is 1. The van der Waals surface area contributed by atoms with Gasteiger partial charge in [-0.25, -0.2) is 0 Å². The Hall–Kier alpha value is -1.91. The van der Waals surface area contributed by atoms with Crippen molar-refractivity contribution in [2.45, 2.75) is 45.4 Å². The first-order chi connectivity index (χ1) is 11.6. The first-order valence-electron chi connectivity index (χ1n) is 9.13. The summed E-state index contributed by atoms with van der Waals surface area (Å²) in [5.41, 5.74) is 1.53. The van der Waals surface area contributed by atoms with Gasteiger partial charge in [-0.1, -0.05) is 25.7 Å². The van der Waals surface area contributed by atoms with Gasteiger partial charge in [-0.15, -0.1) is 0 Å². The standard InChI is InChI=1S/C19H27N3O2/c1-15-6-8-17(14-20-15)19(24)22-12-10-21(11-13-22)18(23)9-7-16-4-2-3-5-16/h6,8,14,16H,2-5,7,9-13H2,1H3. The van der Waals surface area contributed by atoms with Crippen molar-refractivity contribution in [1.82, 2.24) is 14.8 Å². The van der Waals surface area contributed by atoms with Crippen LogP contribution in [0.5, 0.6) is 0 Å². The van der Waals surface area contributed by atoms with Gasteiger partial charge in [0.1, 0.15) is 0 Å². The Morgan fingerprint density at radius 3 is 2.38 bits per heavy atom. The van der Waals surface area contributed by atoms with Gasteiger partial charge in [0.05, 0.1) is 5.56 Å². The van der Waals surface area contributed by atoms with E-state index in [9.17, 15) is 9.59 Å². The first kappa shape index (κ1) is 16.9. The molecule has 1 aliphatic carbocycles. The Balaban J connectivity index is 1.45. The topological polar surface area (TPSA) is 53.5 Å². The SMILES string of the molecule is Cc1ccc(C(=O)N2CCN(C(=O)CCC3CCCC3)CC2)cn1. The summed E-state index contributed by atoms with van der Waals surface area (Å²) >= 11 is 0. The Kier molecular flexibility index (Phi) is 5.48. The molecule has 0 atom stereocenters. The number of carbonyl (C=O) groups is 2. The molecule has 1 aliphatic heterocycles. The minimum absolute atomic E-state index is 0.0144. The van der Waals surface area contributed by atoms with E-state index in [1.807, 2.05) is 28.9 Å². The van der Waals surface area contributed by atoms with Crippen molar-refractivity contribution in [3.8, 4) is 0 Å². The van der Waals surface area contributed by atoms with E-state index >= 15 is 0 Å². The second-order valence-corrected chi connectivity index (χ2v) is 7.05. The summed E-state index contributed by atoms with van der Waals surface area (Å²) in [7, 11) is 0. The molecule has 130 valence electrons. The van der Waals surface area contributed by atoms with Crippen LogP contribution in [0.2, 0.25) is 0 Å². The zero-order chi connectivity index (χ0) is 16.9. The van der Waals surface area contributed by atoms with Gasteiger partial charge >= 0.3 is 0 Å². The molecule has 3 rings (SSSR count). The van der Waals surface area contributed by atoms with Gasteiger partial charge in [-0.2, -0.15) is 0 Å². The summed E-state index contributed by atoms with van der Waals surface area (Å²) in [6, 6.07) is 3.68. The van der Waals surface area contributed by atoms with Crippen molar-refractivity contribution < 1.29 is 9.59 Å². The fraction of sp³-hybridized carbons (Fsp3) is 0.632. The van der Waals surface area contributed by atoms with Gasteiger partial charge in [0.15, 0.2) is 0 Å². The number of piperazine rings is 1. The van der Waals surface area contributed by atoms with Gasteiger partial charge in [-0.05, 0) is 31.4 Å². The molecule has 5 nitrogen and oxygen atoms in total. The van der Waals surface area contributed by atoms with Crippen molar-refractivity contribution in [1.29, 1.82) is 0 Å². The normalized spacial score (nSPS) is 18.9. The molecule has 0 spiro atoms. The van der Waals surface area contributed by atoms with Crippen molar-refractivity contribution >= 4 is 11.8 Å². The summed E-state index contributed by atoms with van der Waals surface area (Å²) in [5, 5.41) is 0. The highest BCUT2D eigenvalue weighted by Crippen LogP contribution is 2.28. The predicted molar refractivity (Wildman–Crippen MR) is 92.6 cm³/mol. The lowest BCUT2D eigenvalue weighted by molar-refractivity contribution is -0.133. The molecule has 5 heteroatoms. The third-order valence-electron chi connectivity index (χ3n) is 5.32. The van der Waals surface area contributed by atoms with E-state index in [1.54, 1.807) is 6.20 Å². The maximum absolute atomic E-state index is 12.5. The summed E-state index contributed by atoms with van der Waals surface area (Å²) in [4.78, 5) is 32.8. The molecule has 2 heterocycles. The van der Waals surface area contributed by atoms with Crippen molar-refractivity contribution in [3.05, 3.63) is 29.6 Å². The summed E-state index contributed by atoms with van der Waals surface area (Å²) in [6.45, 7) is 4.43. The predicted octanol–water partition coefficient (Wildman–Crippen LogP) is 2.64. The highest BCUT2D eigenvalue weighted by Gasteiger charge is 2.25. The van der Waals surface area contributed by atoms with Crippen LogP contribution in [0.25, 0.3) is 0 Å². The van der Waals surface area contributed by atoms with Crippen LogP contribution in [0.15, 0.2) is 18.3 Å². The molecule has 0 unspecified atom stereocenters. The van der Waals surface area contributed by atoms with Crippen molar-refractivity contribution in [2.75, 3.05) is 26.2 Å². The second kappa shape index (κ2) is 7.77. The molecule has 1 aromatic rings. The molecule has 0 aromatic carbocycles. The Morgan fingerprint density at radius 2 is 1.75 bits per heavy atom. The van der Waals surface area contributed by atoms with Crippen LogP contribution in [-0.4, -0.2) is 52.8 Å². The molecule has 0 N–H and O–H groups in total. The second-order valence-electron chi connectivity index (χ2n) is 7.05. The van der Waals surface area contributed by atoms with Crippen LogP contribution in [-0.2, 0) is 4.79 Å². The van der Waals surface area contributed by atoms with Crippen LogP contribution in [0.3, 0.4) is 0 Å². The van der Waals surface area contributed by atoms with E-state index < -0.39 is 0 Å². The minimum atomic E-state index is 0.0144. The fourth-order valence-electron chi connectivity index (χ4n) is 3.72. The molecule has 0 bridgehead atoms. The average Bonchev–Trinajstić information content (AvgIpc) is 3.13. The largest absolute Gasteiger partial charge is 0.339 e. The molecule has 1 saturated carbocycles. The van der Waals surface area contributed by atoms with E-state index in [-0.39, 0.29) is 11.8 Å². The molecule has 2 amide bonds. The van der Waals surface area contributed by atoms with Crippen molar-refractivity contribution in [3.63, 3.8) is 0 Å². The van der Waals surface area contributed by atoms with Crippen LogP contribution >= 0.6 is 0 Å². The molecule has 1 aromatic heterocycles. The maximum atomic E-state index is 12.5. The van der Waals surface area contributed by atoms with Gasteiger partial charge < -0.3 is 9.80 Å². The molecule has 2 aliphatic rings. The van der Waals surface area contributed by atoms with Gasteiger partial charge in [-0.3, -0.25) is 14.6 Å². The lowest BCUT2D eigenvalue weighted by atomic mass is 10.0. The lowest BCUT2D eigenvalue weighted by Crippen LogP contribution is -2.50. The van der Waals surface area contributed by atoms with Crippen LogP contribution in [0, 0.1) is 12.8 Å². The number of hydrogen-bond acceptors (Lipinski definition) is 3. The number of carbonyl (C=O) groups excluding carboxylic acids is 2. The molecule has 1 saturated heterocycles. The third kappa shape index (κ3) is 4.13. The van der Waals surface area contributed by atoms with Gasteiger partial charge in [0, 0.05) is 44.5 Å². The number of pyridine rings is 1. The maximum Gasteiger partial charge on any atom is 0.255 e. The molecule has 2 fully saturated rings. The zero-order valence-electron chi connectivity index (χ0n) is 14.5. The Morgan fingerprint density at radius 1 is 1.08 bits per heavy atom. The Bertz CT molecular complexity index is 571. The van der Waals surface area contributed by atoms with Gasteiger partial charge in [0.25, 0.3) is 5.91 Å². The third-order valence-corrected chi connectivity index (χ3v) is 5.32. The highest BCUT2D eigenvalue weighted by molar-refractivity contribution is 5.94. The minimum Gasteiger partial charge on any atom is -0.339 e. The number of hydrogen-bond donors (Lipinski definition) is 0. The average molecular weight is 329 g/mol. The fourth-order valence-corrected chi connectivity index (χ4v) is 3.72. The van der Waals surface area contributed by atoms with E-state index in [0.717, 1.165) is 18.0 Å². The van der Waals surface area contributed by atoms with Gasteiger partial charge in [0.2, 0.25) is 5.91 Å². The number of aromatic nitrogens is 1. The van der Waals surface area contributed by atoms with E-state index in [1.165, 1.54) is 25.7 Å². The van der Waals surface area contributed by atoms with Crippen LogP contribution < -0.4 is 0 Å². The van der Waals surface area contributed by atoms with Crippen molar-refractivity contribution in [2.24, 2.45) is 5.92 Å². The number of rotatable bonds is 4. The van der Waals surface area contributed by atoms with E-state index in [0.29, 0.717) is 38.2 Å². The number of nitrogens with zero attached hydrogens (tertiary/aromatic N) is 3. The highest BCUT2D eigenvalue weighted by atomic mass is 16.2. The molecule has 24 heavy (non-hydrogen) atoms. The summed E-state index contributed by atoms with van der Waals surface area (Å²) in [5.74, 6) is 1.03. The number of amides is 2. The quantitative estimate of drug-likeness (QED) is 0.853. The lowest BCUT2D eigenvalue weighted by Gasteiger charge is -2.35. The smallest absolute Gasteiger partial charge is 0.255 e. The molecular formula is C19H27N3O2. The zero-order valence-corrected chi connectivity index (χ0v) is 14.5. The van der Waals surface area contributed by atoms with E-state index in [4.69, 9.17) is 0 Å². The first-order valence-corrected chi connectivity index (χ1v) is 9.13. The molecular weight excluding hydrogens is 302 g/mol. The van der Waals surface area contributed by atoms with Crippen LogP contribution in [0.4, 0.5) is 0 Å². The molecule has 0 radical (unpaired) electrons. The Labute approximate surface area is 144 Å². The monoisotopic (exact) mass is 329 g/mol. The summed E-state index contributed by atoms with van der Waals surface area (Å²) in [6.07, 6.45) is 8.58. The van der Waals surface area contributed by atoms with Crippen LogP contribution in [0.1, 0.15) is 54.6 Å². The summed E-state index contributed by atoms with van der Waals surface area (Å²) < 4.78 is 0.